The monoisotopic (exact) mass is 389 g/mol. The minimum absolute atomic E-state index is 0.194. The summed E-state index contributed by atoms with van der Waals surface area (Å²) in [6.07, 6.45) is 1.78. The van der Waals surface area contributed by atoms with Gasteiger partial charge in [0.1, 0.15) is 6.61 Å². The third-order valence-electron chi connectivity index (χ3n) is 4.41. The van der Waals surface area contributed by atoms with Crippen LogP contribution in [0, 0.1) is 0 Å². The number of carboxylic acids is 1. The molecule has 0 aliphatic rings. The summed E-state index contributed by atoms with van der Waals surface area (Å²) in [5.41, 5.74) is 2.60. The van der Waals surface area contributed by atoms with Gasteiger partial charge in [0, 0.05) is 18.2 Å². The summed E-state index contributed by atoms with van der Waals surface area (Å²) in [5.74, 6) is 0.114. The average Bonchev–Trinajstić information content (AvgIpc) is 2.76. The SMILES string of the molecule is COc1cccc(CC(N=Cc2ccccc2)C(=O)O)c1OCc1ccccc1. The van der Waals surface area contributed by atoms with Crippen molar-refractivity contribution in [1.82, 2.24) is 0 Å². The van der Waals surface area contributed by atoms with Crippen molar-refractivity contribution in [3.63, 3.8) is 0 Å². The fourth-order valence-corrected chi connectivity index (χ4v) is 2.90. The summed E-state index contributed by atoms with van der Waals surface area (Å²) in [6, 6.07) is 23.7. The van der Waals surface area contributed by atoms with Crippen LogP contribution in [0.15, 0.2) is 83.9 Å². The van der Waals surface area contributed by atoms with Crippen LogP contribution in [0.25, 0.3) is 0 Å². The van der Waals surface area contributed by atoms with Crippen molar-refractivity contribution in [3.8, 4) is 11.5 Å². The second-order valence-electron chi connectivity index (χ2n) is 6.47. The molecule has 0 fully saturated rings. The maximum atomic E-state index is 11.8. The molecule has 0 aromatic heterocycles. The summed E-state index contributed by atoms with van der Waals surface area (Å²) in [4.78, 5) is 16.1. The minimum Gasteiger partial charge on any atom is -0.493 e. The summed E-state index contributed by atoms with van der Waals surface area (Å²) in [5, 5.41) is 9.65. The Kier molecular flexibility index (Phi) is 7.00. The van der Waals surface area contributed by atoms with Gasteiger partial charge >= 0.3 is 5.97 Å². The topological polar surface area (TPSA) is 68.1 Å². The lowest BCUT2D eigenvalue weighted by atomic mass is 10.0. The number of benzene rings is 3. The molecule has 0 heterocycles. The minimum atomic E-state index is -0.992. The summed E-state index contributed by atoms with van der Waals surface area (Å²) in [7, 11) is 1.57. The van der Waals surface area contributed by atoms with Crippen molar-refractivity contribution < 1.29 is 19.4 Å². The summed E-state index contributed by atoms with van der Waals surface area (Å²) in [6.45, 7) is 0.360. The number of hydrogen-bond acceptors (Lipinski definition) is 4. The third-order valence-corrected chi connectivity index (χ3v) is 4.41. The molecule has 3 rings (SSSR count). The number of hydrogen-bond donors (Lipinski definition) is 1. The van der Waals surface area contributed by atoms with E-state index < -0.39 is 12.0 Å². The third kappa shape index (κ3) is 5.69. The Morgan fingerprint density at radius 3 is 2.34 bits per heavy atom. The van der Waals surface area contributed by atoms with Crippen molar-refractivity contribution in [3.05, 3.63) is 95.6 Å². The second-order valence-corrected chi connectivity index (χ2v) is 6.47. The largest absolute Gasteiger partial charge is 0.493 e. The average molecular weight is 389 g/mol. The molecule has 5 nitrogen and oxygen atoms in total. The van der Waals surface area contributed by atoms with E-state index in [0.29, 0.717) is 18.1 Å². The Bertz CT molecular complexity index is 955. The predicted molar refractivity (Wildman–Crippen MR) is 113 cm³/mol. The molecule has 0 spiro atoms. The van der Waals surface area contributed by atoms with Crippen molar-refractivity contribution in [2.24, 2.45) is 4.99 Å². The smallest absolute Gasteiger partial charge is 0.328 e. The van der Waals surface area contributed by atoms with E-state index in [2.05, 4.69) is 4.99 Å². The van der Waals surface area contributed by atoms with Gasteiger partial charge in [-0.2, -0.15) is 0 Å². The lowest BCUT2D eigenvalue weighted by Crippen LogP contribution is -2.21. The molecule has 1 unspecified atom stereocenters. The van der Waals surface area contributed by atoms with Gasteiger partial charge in [-0.1, -0.05) is 72.8 Å². The summed E-state index contributed by atoms with van der Waals surface area (Å²) < 4.78 is 11.5. The molecule has 0 radical (unpaired) electrons. The molecule has 29 heavy (non-hydrogen) atoms. The van der Waals surface area contributed by atoms with E-state index in [-0.39, 0.29) is 6.42 Å². The highest BCUT2D eigenvalue weighted by Gasteiger charge is 2.20. The maximum Gasteiger partial charge on any atom is 0.328 e. The highest BCUT2D eigenvalue weighted by atomic mass is 16.5. The molecule has 0 bridgehead atoms. The molecule has 5 heteroatoms. The molecule has 0 aliphatic carbocycles. The lowest BCUT2D eigenvalue weighted by molar-refractivity contribution is -0.138. The van der Waals surface area contributed by atoms with Crippen molar-refractivity contribution in [1.29, 1.82) is 0 Å². The number of para-hydroxylation sites is 1. The Morgan fingerprint density at radius 1 is 1.00 bits per heavy atom. The van der Waals surface area contributed by atoms with Crippen LogP contribution in [0.1, 0.15) is 16.7 Å². The van der Waals surface area contributed by atoms with Crippen molar-refractivity contribution in [2.75, 3.05) is 7.11 Å². The Morgan fingerprint density at radius 2 is 1.69 bits per heavy atom. The van der Waals surface area contributed by atoms with Crippen molar-refractivity contribution in [2.45, 2.75) is 19.1 Å². The zero-order valence-corrected chi connectivity index (χ0v) is 16.2. The first-order valence-corrected chi connectivity index (χ1v) is 9.31. The van der Waals surface area contributed by atoms with E-state index in [9.17, 15) is 9.90 Å². The Hall–Kier alpha value is -3.60. The Balaban J connectivity index is 1.82. The van der Waals surface area contributed by atoms with Crippen LogP contribution < -0.4 is 9.47 Å². The lowest BCUT2D eigenvalue weighted by Gasteiger charge is -2.16. The first kappa shape index (κ1) is 20.1. The van der Waals surface area contributed by atoms with Gasteiger partial charge in [-0.25, -0.2) is 4.79 Å². The quantitative estimate of drug-likeness (QED) is 0.551. The number of carboxylic acid groups (broad SMARTS) is 1. The van der Waals surface area contributed by atoms with Gasteiger partial charge in [0.25, 0.3) is 0 Å². The van der Waals surface area contributed by atoms with Gasteiger partial charge in [-0.05, 0) is 17.2 Å². The van der Waals surface area contributed by atoms with Crippen LogP contribution in [0.4, 0.5) is 0 Å². The zero-order valence-electron chi connectivity index (χ0n) is 16.2. The number of carbonyl (C=O) groups is 1. The number of methoxy groups -OCH3 is 1. The van der Waals surface area contributed by atoms with Crippen LogP contribution >= 0.6 is 0 Å². The van der Waals surface area contributed by atoms with E-state index in [4.69, 9.17) is 9.47 Å². The van der Waals surface area contributed by atoms with Crippen LogP contribution in [0.5, 0.6) is 11.5 Å². The zero-order chi connectivity index (χ0) is 20.5. The second kappa shape index (κ2) is 10.1. The molecule has 0 saturated carbocycles. The summed E-state index contributed by atoms with van der Waals surface area (Å²) >= 11 is 0. The normalized spacial score (nSPS) is 11.9. The Labute approximate surface area is 170 Å². The van der Waals surface area contributed by atoms with Gasteiger partial charge in [-0.15, -0.1) is 0 Å². The van der Waals surface area contributed by atoms with E-state index in [1.165, 1.54) is 0 Å². The van der Waals surface area contributed by atoms with E-state index >= 15 is 0 Å². The molecule has 148 valence electrons. The van der Waals surface area contributed by atoms with Crippen LogP contribution in [-0.2, 0) is 17.8 Å². The van der Waals surface area contributed by atoms with E-state index in [1.54, 1.807) is 19.4 Å². The molecule has 3 aromatic rings. The van der Waals surface area contributed by atoms with Crippen LogP contribution in [0.2, 0.25) is 0 Å². The number of ether oxygens (including phenoxy) is 2. The maximum absolute atomic E-state index is 11.8. The van der Waals surface area contributed by atoms with E-state index in [1.807, 2.05) is 72.8 Å². The number of nitrogens with zero attached hydrogens (tertiary/aromatic N) is 1. The molecule has 1 atom stereocenters. The highest BCUT2D eigenvalue weighted by molar-refractivity contribution is 5.83. The van der Waals surface area contributed by atoms with Gasteiger partial charge in [0.05, 0.1) is 7.11 Å². The molecule has 3 aromatic carbocycles. The fourth-order valence-electron chi connectivity index (χ4n) is 2.90. The number of aliphatic imine (C=N–C) groups is 1. The molecule has 1 N–H and O–H groups in total. The number of rotatable bonds is 9. The molecule has 0 amide bonds. The fraction of sp³-hybridized carbons (Fsp3) is 0.167. The molecule has 0 aliphatic heterocycles. The van der Waals surface area contributed by atoms with Crippen molar-refractivity contribution >= 4 is 12.2 Å². The molecular formula is C24H23NO4. The molecular weight excluding hydrogens is 366 g/mol. The van der Waals surface area contributed by atoms with Gasteiger partial charge in [0.2, 0.25) is 0 Å². The van der Waals surface area contributed by atoms with Gasteiger partial charge < -0.3 is 14.6 Å². The van der Waals surface area contributed by atoms with Crippen LogP contribution in [-0.4, -0.2) is 30.4 Å². The predicted octanol–water partition coefficient (Wildman–Crippen LogP) is 4.39. The number of aliphatic carboxylic acids is 1. The van der Waals surface area contributed by atoms with E-state index in [0.717, 1.165) is 16.7 Å². The first-order chi connectivity index (χ1) is 14.2. The van der Waals surface area contributed by atoms with Gasteiger partial charge in [-0.3, -0.25) is 4.99 Å². The van der Waals surface area contributed by atoms with Gasteiger partial charge in [0.15, 0.2) is 17.5 Å². The standard InChI is InChI=1S/C24H23NO4/c1-28-22-14-8-13-20(23(22)29-17-19-11-6-3-7-12-19)15-21(24(26)27)25-16-18-9-4-2-5-10-18/h2-14,16,21H,15,17H2,1H3,(H,26,27). The first-order valence-electron chi connectivity index (χ1n) is 9.31. The molecule has 0 saturated heterocycles. The van der Waals surface area contributed by atoms with Crippen LogP contribution in [0.3, 0.4) is 0 Å². The highest BCUT2D eigenvalue weighted by Crippen LogP contribution is 2.33.